The molecule has 3 heterocycles. The first-order valence-electron chi connectivity index (χ1n) is 10.1. The number of aromatic nitrogens is 1. The van der Waals surface area contributed by atoms with Crippen molar-refractivity contribution in [3.8, 4) is 5.75 Å². The van der Waals surface area contributed by atoms with Crippen LogP contribution in [0.2, 0.25) is 0 Å². The van der Waals surface area contributed by atoms with Gasteiger partial charge >= 0.3 is 0 Å². The molecule has 2 aliphatic heterocycles. The Morgan fingerprint density at radius 1 is 1.11 bits per heavy atom. The summed E-state index contributed by atoms with van der Waals surface area (Å²) in [5, 5.41) is 3.40. The highest BCUT2D eigenvalue weighted by Crippen LogP contribution is 2.23. The van der Waals surface area contributed by atoms with Gasteiger partial charge in [0.25, 0.3) is 5.91 Å². The van der Waals surface area contributed by atoms with Crippen LogP contribution in [0.5, 0.6) is 5.75 Å². The maximum absolute atomic E-state index is 13.0. The van der Waals surface area contributed by atoms with Crippen molar-refractivity contribution in [2.75, 3.05) is 44.2 Å². The number of carbonyl (C=O) groups excluding carboxylic acids is 1. The predicted octanol–water partition coefficient (Wildman–Crippen LogP) is 2.48. The van der Waals surface area contributed by atoms with Crippen molar-refractivity contribution >= 4 is 11.7 Å². The van der Waals surface area contributed by atoms with Crippen LogP contribution >= 0.6 is 0 Å². The molecular formula is C22H28N4O2. The maximum Gasteiger partial charge on any atom is 0.272 e. The number of anilines is 1. The van der Waals surface area contributed by atoms with Gasteiger partial charge in [-0.2, -0.15) is 0 Å². The summed E-state index contributed by atoms with van der Waals surface area (Å²) in [7, 11) is 0. The largest absolute Gasteiger partial charge is 0.488 e. The lowest BCUT2D eigenvalue weighted by Crippen LogP contribution is -2.33. The number of ether oxygens (including phenoxy) is 1. The fourth-order valence-corrected chi connectivity index (χ4v) is 3.83. The van der Waals surface area contributed by atoms with Crippen molar-refractivity contribution in [2.24, 2.45) is 0 Å². The molecule has 6 nitrogen and oxygen atoms in total. The van der Waals surface area contributed by atoms with Crippen LogP contribution in [0, 0.1) is 6.92 Å². The van der Waals surface area contributed by atoms with Crippen LogP contribution in [-0.2, 0) is 0 Å². The standard InChI is InChI=1S/C22H28N4O2/c1-17-6-2-3-8-20(17)28-18-10-14-26(16-18)22(27)19-7-4-9-21(24-19)25-13-5-11-23-12-15-25/h2-4,6-9,18,23H,5,10-16H2,1H3/t18-/m0/s1. The molecule has 1 aromatic heterocycles. The van der Waals surface area contributed by atoms with Gasteiger partial charge < -0.3 is 19.9 Å². The average molecular weight is 380 g/mol. The van der Waals surface area contributed by atoms with Crippen LogP contribution in [0.25, 0.3) is 0 Å². The molecule has 1 N–H and O–H groups in total. The molecule has 0 spiro atoms. The minimum Gasteiger partial charge on any atom is -0.488 e. The number of pyridine rings is 1. The monoisotopic (exact) mass is 380 g/mol. The van der Waals surface area contributed by atoms with Crippen LogP contribution in [0.3, 0.4) is 0 Å². The van der Waals surface area contributed by atoms with Crippen LogP contribution in [0.15, 0.2) is 42.5 Å². The Morgan fingerprint density at radius 3 is 2.89 bits per heavy atom. The van der Waals surface area contributed by atoms with E-state index < -0.39 is 0 Å². The first kappa shape index (κ1) is 18.7. The summed E-state index contributed by atoms with van der Waals surface area (Å²) in [5.41, 5.74) is 1.64. The van der Waals surface area contributed by atoms with Crippen LogP contribution in [0.1, 0.15) is 28.9 Å². The van der Waals surface area contributed by atoms with E-state index in [1.165, 1.54) is 0 Å². The number of amides is 1. The van der Waals surface area contributed by atoms with Gasteiger partial charge in [0.05, 0.1) is 6.54 Å². The van der Waals surface area contributed by atoms with Crippen molar-refractivity contribution in [3.63, 3.8) is 0 Å². The van der Waals surface area contributed by atoms with E-state index in [1.54, 1.807) is 0 Å². The van der Waals surface area contributed by atoms with Gasteiger partial charge in [-0.15, -0.1) is 0 Å². The Morgan fingerprint density at radius 2 is 2.00 bits per heavy atom. The van der Waals surface area contributed by atoms with E-state index >= 15 is 0 Å². The predicted molar refractivity (Wildman–Crippen MR) is 110 cm³/mol. The fourth-order valence-electron chi connectivity index (χ4n) is 3.83. The molecule has 0 bridgehead atoms. The summed E-state index contributed by atoms with van der Waals surface area (Å²) in [6.45, 7) is 7.21. The molecule has 2 saturated heterocycles. The number of benzene rings is 1. The van der Waals surface area contributed by atoms with E-state index in [4.69, 9.17) is 4.74 Å². The summed E-state index contributed by atoms with van der Waals surface area (Å²) in [6.07, 6.45) is 1.96. The van der Waals surface area contributed by atoms with Gasteiger partial charge in [0, 0.05) is 32.6 Å². The highest BCUT2D eigenvalue weighted by molar-refractivity contribution is 5.93. The molecular weight excluding hydrogens is 352 g/mol. The molecule has 1 atom stereocenters. The smallest absolute Gasteiger partial charge is 0.272 e. The molecule has 148 valence electrons. The van der Waals surface area contributed by atoms with E-state index in [-0.39, 0.29) is 12.0 Å². The lowest BCUT2D eigenvalue weighted by Gasteiger charge is -2.22. The van der Waals surface area contributed by atoms with E-state index in [0.717, 1.165) is 56.2 Å². The number of hydrogen-bond donors (Lipinski definition) is 1. The summed E-state index contributed by atoms with van der Waals surface area (Å²) < 4.78 is 6.13. The number of nitrogens with one attached hydrogen (secondary N) is 1. The van der Waals surface area contributed by atoms with Crippen molar-refractivity contribution in [1.29, 1.82) is 0 Å². The number of carbonyl (C=O) groups is 1. The Labute approximate surface area is 166 Å². The van der Waals surface area contributed by atoms with Gasteiger partial charge in [0.15, 0.2) is 0 Å². The normalized spacial score (nSPS) is 20.1. The van der Waals surface area contributed by atoms with Crippen LogP contribution in [-0.4, -0.2) is 61.2 Å². The minimum atomic E-state index is -0.00863. The highest BCUT2D eigenvalue weighted by Gasteiger charge is 2.29. The summed E-state index contributed by atoms with van der Waals surface area (Å²) in [6, 6.07) is 13.8. The van der Waals surface area contributed by atoms with Gasteiger partial charge in [-0.05, 0) is 43.7 Å². The zero-order chi connectivity index (χ0) is 19.3. The lowest BCUT2D eigenvalue weighted by molar-refractivity contribution is 0.0766. The Bertz CT molecular complexity index is 818. The van der Waals surface area contributed by atoms with E-state index in [1.807, 2.05) is 54.3 Å². The van der Waals surface area contributed by atoms with Crippen molar-refractivity contribution in [2.45, 2.75) is 25.9 Å². The third-order valence-electron chi connectivity index (χ3n) is 5.44. The zero-order valence-corrected chi connectivity index (χ0v) is 16.4. The second kappa shape index (κ2) is 8.61. The average Bonchev–Trinajstić information content (AvgIpc) is 3.01. The summed E-state index contributed by atoms with van der Waals surface area (Å²) in [4.78, 5) is 21.8. The van der Waals surface area contributed by atoms with Gasteiger partial charge in [0.1, 0.15) is 23.4 Å². The molecule has 0 saturated carbocycles. The highest BCUT2D eigenvalue weighted by atomic mass is 16.5. The fraction of sp³-hybridized carbons (Fsp3) is 0.455. The lowest BCUT2D eigenvalue weighted by atomic mass is 10.2. The van der Waals surface area contributed by atoms with Gasteiger partial charge in [-0.25, -0.2) is 4.98 Å². The van der Waals surface area contributed by atoms with Crippen molar-refractivity contribution in [1.82, 2.24) is 15.2 Å². The van der Waals surface area contributed by atoms with Crippen LogP contribution < -0.4 is 15.0 Å². The molecule has 2 aliphatic rings. The molecule has 28 heavy (non-hydrogen) atoms. The molecule has 0 aliphatic carbocycles. The number of likely N-dealkylation sites (tertiary alicyclic amines) is 1. The maximum atomic E-state index is 13.0. The number of hydrogen-bond acceptors (Lipinski definition) is 5. The Hall–Kier alpha value is -2.60. The van der Waals surface area contributed by atoms with E-state index in [9.17, 15) is 4.79 Å². The molecule has 0 radical (unpaired) electrons. The van der Waals surface area contributed by atoms with Gasteiger partial charge in [-0.1, -0.05) is 24.3 Å². The molecule has 2 fully saturated rings. The first-order valence-corrected chi connectivity index (χ1v) is 10.1. The number of aryl methyl sites for hydroxylation is 1. The number of nitrogens with zero attached hydrogens (tertiary/aromatic N) is 3. The van der Waals surface area contributed by atoms with E-state index in [2.05, 4.69) is 15.2 Å². The Kier molecular flexibility index (Phi) is 5.76. The van der Waals surface area contributed by atoms with Gasteiger partial charge in [-0.3, -0.25) is 4.79 Å². The topological polar surface area (TPSA) is 57.7 Å². The minimum absolute atomic E-state index is 0.00863. The second-order valence-electron chi connectivity index (χ2n) is 7.52. The molecule has 4 rings (SSSR count). The molecule has 0 unspecified atom stereocenters. The molecule has 6 heteroatoms. The molecule has 1 aromatic carbocycles. The number of rotatable bonds is 4. The number of para-hydroxylation sites is 1. The zero-order valence-electron chi connectivity index (χ0n) is 16.4. The first-order chi connectivity index (χ1) is 13.7. The summed E-state index contributed by atoms with van der Waals surface area (Å²) in [5.74, 6) is 1.78. The SMILES string of the molecule is Cc1ccccc1O[C@H]1CCN(C(=O)c2cccc(N3CCCNCC3)n2)C1. The summed E-state index contributed by atoms with van der Waals surface area (Å²) >= 11 is 0. The molecule has 1 amide bonds. The van der Waals surface area contributed by atoms with E-state index in [0.29, 0.717) is 18.8 Å². The third kappa shape index (κ3) is 4.28. The second-order valence-corrected chi connectivity index (χ2v) is 7.52. The third-order valence-corrected chi connectivity index (χ3v) is 5.44. The van der Waals surface area contributed by atoms with Gasteiger partial charge in [0.2, 0.25) is 0 Å². The van der Waals surface area contributed by atoms with Crippen molar-refractivity contribution in [3.05, 3.63) is 53.7 Å². The Balaban J connectivity index is 1.41. The van der Waals surface area contributed by atoms with Crippen LogP contribution in [0.4, 0.5) is 5.82 Å². The molecule has 2 aromatic rings. The quantitative estimate of drug-likeness (QED) is 0.883. The van der Waals surface area contributed by atoms with Crippen molar-refractivity contribution < 1.29 is 9.53 Å².